The van der Waals surface area contributed by atoms with Gasteiger partial charge in [0.15, 0.2) is 0 Å². The van der Waals surface area contributed by atoms with Gasteiger partial charge >= 0.3 is 7.82 Å². The second kappa shape index (κ2) is 13.2. The molecule has 2 aromatic carbocycles. The largest absolute Gasteiger partial charge is 0.530 e. The molecule has 0 spiro atoms. The highest BCUT2D eigenvalue weighted by Crippen LogP contribution is 2.56. The Kier molecular flexibility index (Phi) is 9.97. The van der Waals surface area contributed by atoms with E-state index in [1.165, 1.54) is 12.8 Å². The van der Waals surface area contributed by atoms with Crippen LogP contribution in [0.4, 0.5) is 0 Å². The fourth-order valence-electron chi connectivity index (χ4n) is 5.13. The van der Waals surface area contributed by atoms with Crippen LogP contribution >= 0.6 is 7.82 Å². The zero-order valence-electron chi connectivity index (χ0n) is 22.8. The standard InChI is InChI=1S/C30H43O6P/c1-22(2)32-28-20-13-21-29(33-23(3)4)30(28)26-18-11-12-19-27(26)36-37(31,34-24-14-7-5-8-15-24)35-25-16-9-6-10-17-25/h11-13,18-25H,5-10,14-17H2,1-4H3. The van der Waals surface area contributed by atoms with Crippen LogP contribution in [0.5, 0.6) is 17.2 Å². The third-order valence-electron chi connectivity index (χ3n) is 6.74. The van der Waals surface area contributed by atoms with Crippen LogP contribution in [0.25, 0.3) is 11.1 Å². The maximum absolute atomic E-state index is 14.3. The van der Waals surface area contributed by atoms with E-state index in [0.717, 1.165) is 62.5 Å². The van der Waals surface area contributed by atoms with Gasteiger partial charge in [-0.25, -0.2) is 4.57 Å². The van der Waals surface area contributed by atoms with Gasteiger partial charge in [0.1, 0.15) is 17.2 Å². The minimum atomic E-state index is -3.89. The molecule has 37 heavy (non-hydrogen) atoms. The first kappa shape index (κ1) is 28.0. The third kappa shape index (κ3) is 7.99. The van der Waals surface area contributed by atoms with Crippen LogP contribution in [0.2, 0.25) is 0 Å². The normalized spacial score (nSPS) is 17.8. The molecule has 204 valence electrons. The average Bonchev–Trinajstić information content (AvgIpc) is 2.85. The molecule has 2 aromatic rings. The van der Waals surface area contributed by atoms with Crippen molar-refractivity contribution in [2.75, 3.05) is 0 Å². The van der Waals surface area contributed by atoms with Gasteiger partial charge in [0.2, 0.25) is 0 Å². The molecule has 0 amide bonds. The number of hydrogen-bond acceptors (Lipinski definition) is 6. The van der Waals surface area contributed by atoms with Crippen molar-refractivity contribution in [2.45, 2.75) is 116 Å². The molecule has 0 radical (unpaired) electrons. The van der Waals surface area contributed by atoms with Crippen LogP contribution in [0, 0.1) is 0 Å². The molecule has 0 bridgehead atoms. The maximum Gasteiger partial charge on any atom is 0.530 e. The van der Waals surface area contributed by atoms with Gasteiger partial charge in [0, 0.05) is 5.56 Å². The van der Waals surface area contributed by atoms with Crippen molar-refractivity contribution in [3.63, 3.8) is 0 Å². The Bertz CT molecular complexity index is 988. The van der Waals surface area contributed by atoms with Gasteiger partial charge in [0.25, 0.3) is 0 Å². The molecule has 7 heteroatoms. The minimum absolute atomic E-state index is 0.0310. The lowest BCUT2D eigenvalue weighted by Crippen LogP contribution is -2.22. The van der Waals surface area contributed by atoms with Crippen molar-refractivity contribution in [3.05, 3.63) is 42.5 Å². The number of para-hydroxylation sites is 1. The topological polar surface area (TPSA) is 63.2 Å². The summed E-state index contributed by atoms with van der Waals surface area (Å²) in [6.07, 6.45) is 9.85. The molecule has 0 unspecified atom stereocenters. The molecule has 2 aliphatic carbocycles. The number of hydrogen-bond donors (Lipinski definition) is 0. The minimum Gasteiger partial charge on any atom is -0.490 e. The summed E-state index contributed by atoms with van der Waals surface area (Å²) in [5.74, 6) is 1.80. The van der Waals surface area contributed by atoms with Gasteiger partial charge in [-0.2, -0.15) is 0 Å². The fourth-order valence-corrected chi connectivity index (χ4v) is 6.82. The van der Waals surface area contributed by atoms with Crippen molar-refractivity contribution in [3.8, 4) is 28.4 Å². The number of phosphoric ester groups is 1. The van der Waals surface area contributed by atoms with Crippen LogP contribution < -0.4 is 14.0 Å². The highest BCUT2D eigenvalue weighted by molar-refractivity contribution is 7.49. The van der Waals surface area contributed by atoms with E-state index in [-0.39, 0.29) is 24.4 Å². The SMILES string of the molecule is CC(C)Oc1cccc(OC(C)C)c1-c1ccccc1OP(=O)(OC1CCCCC1)OC1CCCCC1. The molecule has 0 atom stereocenters. The summed E-state index contributed by atoms with van der Waals surface area (Å²) in [5.41, 5.74) is 1.50. The predicted octanol–water partition coefficient (Wildman–Crippen LogP) is 9.11. The van der Waals surface area contributed by atoms with Crippen molar-refractivity contribution in [1.29, 1.82) is 0 Å². The lowest BCUT2D eigenvalue weighted by Gasteiger charge is -2.31. The number of rotatable bonds is 11. The Morgan fingerprint density at radius 3 is 1.59 bits per heavy atom. The van der Waals surface area contributed by atoms with Gasteiger partial charge in [-0.05, 0) is 71.6 Å². The maximum atomic E-state index is 14.3. The van der Waals surface area contributed by atoms with E-state index in [1.807, 2.05) is 70.2 Å². The monoisotopic (exact) mass is 530 g/mol. The first-order chi connectivity index (χ1) is 17.8. The van der Waals surface area contributed by atoms with E-state index >= 15 is 0 Å². The van der Waals surface area contributed by atoms with Crippen molar-refractivity contribution in [1.82, 2.24) is 0 Å². The summed E-state index contributed by atoms with van der Waals surface area (Å²) in [5, 5.41) is 0. The first-order valence-electron chi connectivity index (χ1n) is 14.0. The Morgan fingerprint density at radius 2 is 1.11 bits per heavy atom. The van der Waals surface area contributed by atoms with Crippen LogP contribution in [0.3, 0.4) is 0 Å². The fraction of sp³-hybridized carbons (Fsp3) is 0.600. The van der Waals surface area contributed by atoms with Crippen LogP contribution in [0.1, 0.15) is 91.9 Å². The lowest BCUT2D eigenvalue weighted by atomic mass is 9.98. The second-order valence-corrected chi connectivity index (χ2v) is 12.2. The quantitative estimate of drug-likeness (QED) is 0.270. The predicted molar refractivity (Wildman–Crippen MR) is 148 cm³/mol. The summed E-state index contributed by atoms with van der Waals surface area (Å²) in [6.45, 7) is 7.97. The van der Waals surface area contributed by atoms with Crippen molar-refractivity contribution >= 4 is 7.82 Å². The van der Waals surface area contributed by atoms with Crippen LogP contribution in [-0.2, 0) is 13.6 Å². The highest BCUT2D eigenvalue weighted by Gasteiger charge is 2.37. The molecule has 0 aromatic heterocycles. The Hall–Kier alpha value is -2.01. The van der Waals surface area contributed by atoms with E-state index in [2.05, 4.69) is 0 Å². The molecule has 2 aliphatic rings. The van der Waals surface area contributed by atoms with Crippen molar-refractivity contribution < 1.29 is 27.6 Å². The molecule has 4 rings (SSSR count). The summed E-state index contributed by atoms with van der Waals surface area (Å²) in [4.78, 5) is 0. The molecule has 0 N–H and O–H groups in total. The number of ether oxygens (including phenoxy) is 2. The van der Waals surface area contributed by atoms with E-state index in [9.17, 15) is 4.57 Å². The van der Waals surface area contributed by atoms with Crippen LogP contribution in [-0.4, -0.2) is 24.4 Å². The zero-order chi connectivity index (χ0) is 26.3. The molecule has 6 nitrogen and oxygen atoms in total. The second-order valence-electron chi connectivity index (χ2n) is 10.7. The Morgan fingerprint density at radius 1 is 0.649 bits per heavy atom. The molecule has 2 fully saturated rings. The summed E-state index contributed by atoms with van der Waals surface area (Å²) >= 11 is 0. The van der Waals surface area contributed by atoms with E-state index in [1.54, 1.807) is 0 Å². The van der Waals surface area contributed by atoms with Gasteiger partial charge in [-0.3, -0.25) is 9.05 Å². The molecule has 0 aliphatic heterocycles. The smallest absolute Gasteiger partial charge is 0.490 e. The van der Waals surface area contributed by atoms with E-state index in [4.69, 9.17) is 23.0 Å². The summed E-state index contributed by atoms with van der Waals surface area (Å²) in [6, 6.07) is 13.3. The van der Waals surface area contributed by atoms with E-state index < -0.39 is 7.82 Å². The first-order valence-corrected chi connectivity index (χ1v) is 15.5. The molecule has 0 heterocycles. The Labute approximate surface area is 222 Å². The number of benzene rings is 2. The summed E-state index contributed by atoms with van der Waals surface area (Å²) < 4.78 is 45.4. The third-order valence-corrected chi connectivity index (χ3v) is 8.27. The molecule has 2 saturated carbocycles. The van der Waals surface area contributed by atoms with Gasteiger partial charge < -0.3 is 14.0 Å². The highest BCUT2D eigenvalue weighted by atomic mass is 31.2. The van der Waals surface area contributed by atoms with E-state index in [0.29, 0.717) is 17.2 Å². The van der Waals surface area contributed by atoms with Gasteiger partial charge in [0.05, 0.1) is 30.0 Å². The average molecular weight is 531 g/mol. The molecule has 0 saturated heterocycles. The molecular weight excluding hydrogens is 487 g/mol. The Balaban J connectivity index is 1.71. The lowest BCUT2D eigenvalue weighted by molar-refractivity contribution is 0.0514. The van der Waals surface area contributed by atoms with Crippen molar-refractivity contribution in [2.24, 2.45) is 0 Å². The zero-order valence-corrected chi connectivity index (χ0v) is 23.7. The van der Waals surface area contributed by atoms with Crippen LogP contribution in [0.15, 0.2) is 42.5 Å². The van der Waals surface area contributed by atoms with Gasteiger partial charge in [-0.1, -0.05) is 62.8 Å². The summed E-state index contributed by atoms with van der Waals surface area (Å²) in [7, 11) is -3.89. The molecular formula is C30H43O6P. The number of phosphoric acid groups is 1. The van der Waals surface area contributed by atoms with Gasteiger partial charge in [-0.15, -0.1) is 0 Å².